The van der Waals surface area contributed by atoms with E-state index in [4.69, 9.17) is 4.74 Å². The average Bonchev–Trinajstić information content (AvgIpc) is 2.69. The zero-order valence-corrected chi connectivity index (χ0v) is 17.5. The van der Waals surface area contributed by atoms with Gasteiger partial charge in [-0.3, -0.25) is 10.3 Å². The molecule has 1 heterocycles. The van der Waals surface area contributed by atoms with Gasteiger partial charge in [0.25, 0.3) is 0 Å². The molecule has 154 valence electrons. The van der Waals surface area contributed by atoms with E-state index >= 15 is 0 Å². The predicted octanol–water partition coefficient (Wildman–Crippen LogP) is 4.19. The molecule has 6 heteroatoms. The zero-order valence-electron chi connectivity index (χ0n) is 17.5. The first-order chi connectivity index (χ1) is 13.9. The highest BCUT2D eigenvalue weighted by atomic mass is 16.6. The maximum atomic E-state index is 12.2. The average molecular weight is 395 g/mol. The zero-order chi connectivity index (χ0) is 20.7. The first-order valence-electron chi connectivity index (χ1n) is 10.0. The maximum Gasteiger partial charge on any atom is 0.410 e. The van der Waals surface area contributed by atoms with Gasteiger partial charge >= 0.3 is 6.09 Å². The number of hydrazone groups is 1. The molecule has 1 amide bonds. The predicted molar refractivity (Wildman–Crippen MR) is 117 cm³/mol. The van der Waals surface area contributed by atoms with E-state index in [1.54, 1.807) is 4.90 Å². The van der Waals surface area contributed by atoms with Crippen molar-refractivity contribution in [3.63, 3.8) is 0 Å². The molecular formula is C23H30N4O2. The van der Waals surface area contributed by atoms with Gasteiger partial charge in [0, 0.05) is 32.7 Å². The Kier molecular flexibility index (Phi) is 6.88. The smallest absolute Gasteiger partial charge is 0.410 e. The van der Waals surface area contributed by atoms with E-state index in [0.717, 1.165) is 30.9 Å². The minimum Gasteiger partial charge on any atom is -0.444 e. The number of hydrogen-bond acceptors (Lipinski definition) is 5. The number of para-hydroxylation sites is 1. The van der Waals surface area contributed by atoms with Crippen LogP contribution in [0.25, 0.3) is 0 Å². The second kappa shape index (κ2) is 9.56. The molecule has 0 saturated carbocycles. The van der Waals surface area contributed by atoms with E-state index in [0.29, 0.717) is 13.1 Å². The van der Waals surface area contributed by atoms with Gasteiger partial charge in [0.05, 0.1) is 11.9 Å². The van der Waals surface area contributed by atoms with Crippen LogP contribution in [-0.4, -0.2) is 53.9 Å². The first kappa shape index (κ1) is 20.9. The molecule has 1 saturated heterocycles. The summed E-state index contributed by atoms with van der Waals surface area (Å²) in [5.41, 5.74) is 5.84. The summed E-state index contributed by atoms with van der Waals surface area (Å²) in [7, 11) is 0. The molecule has 0 unspecified atom stereocenters. The largest absolute Gasteiger partial charge is 0.444 e. The Morgan fingerprint density at radius 3 is 2.31 bits per heavy atom. The Balaban J connectivity index is 1.44. The number of piperazine rings is 1. The van der Waals surface area contributed by atoms with Crippen molar-refractivity contribution in [2.24, 2.45) is 5.10 Å². The van der Waals surface area contributed by atoms with E-state index in [9.17, 15) is 4.79 Å². The van der Waals surface area contributed by atoms with Gasteiger partial charge in [-0.1, -0.05) is 42.5 Å². The molecule has 1 aliphatic heterocycles. The van der Waals surface area contributed by atoms with Crippen molar-refractivity contribution in [2.75, 3.05) is 31.6 Å². The molecule has 0 aromatic heterocycles. The molecule has 1 fully saturated rings. The van der Waals surface area contributed by atoms with E-state index < -0.39 is 5.60 Å². The molecule has 6 nitrogen and oxygen atoms in total. The fraction of sp³-hybridized carbons (Fsp3) is 0.391. The SMILES string of the molecule is CC(C)(C)OC(=O)N1CCN(Cc2ccc(C=NNc3ccccc3)cc2)CC1. The minimum absolute atomic E-state index is 0.218. The molecule has 1 N–H and O–H groups in total. The van der Waals surface area contributed by atoms with Crippen LogP contribution in [0.5, 0.6) is 0 Å². The molecule has 0 radical (unpaired) electrons. The van der Waals surface area contributed by atoms with Crippen LogP contribution >= 0.6 is 0 Å². The monoisotopic (exact) mass is 394 g/mol. The molecular weight excluding hydrogens is 364 g/mol. The van der Waals surface area contributed by atoms with Crippen LogP contribution in [0.2, 0.25) is 0 Å². The summed E-state index contributed by atoms with van der Waals surface area (Å²) < 4.78 is 5.46. The fourth-order valence-electron chi connectivity index (χ4n) is 3.08. The number of benzene rings is 2. The van der Waals surface area contributed by atoms with Crippen molar-refractivity contribution >= 4 is 18.0 Å². The van der Waals surface area contributed by atoms with Crippen molar-refractivity contribution in [3.05, 3.63) is 65.7 Å². The van der Waals surface area contributed by atoms with Gasteiger partial charge in [-0.25, -0.2) is 4.79 Å². The molecule has 0 spiro atoms. The Morgan fingerprint density at radius 2 is 1.69 bits per heavy atom. The third kappa shape index (κ3) is 6.91. The van der Waals surface area contributed by atoms with Gasteiger partial charge in [0.2, 0.25) is 0 Å². The van der Waals surface area contributed by atoms with Gasteiger partial charge in [-0.2, -0.15) is 5.10 Å². The van der Waals surface area contributed by atoms with Crippen LogP contribution in [0.15, 0.2) is 59.7 Å². The van der Waals surface area contributed by atoms with Crippen LogP contribution < -0.4 is 5.43 Å². The van der Waals surface area contributed by atoms with Crippen LogP contribution in [-0.2, 0) is 11.3 Å². The molecule has 1 aliphatic rings. The van der Waals surface area contributed by atoms with Gasteiger partial charge in [-0.05, 0) is 44.0 Å². The van der Waals surface area contributed by atoms with Crippen molar-refractivity contribution in [1.29, 1.82) is 0 Å². The Bertz CT molecular complexity index is 805. The summed E-state index contributed by atoms with van der Waals surface area (Å²) in [4.78, 5) is 16.3. The maximum absolute atomic E-state index is 12.2. The Hall–Kier alpha value is -2.86. The summed E-state index contributed by atoms with van der Waals surface area (Å²) in [6.07, 6.45) is 1.60. The van der Waals surface area contributed by atoms with Crippen molar-refractivity contribution in [2.45, 2.75) is 32.9 Å². The molecule has 0 aliphatic carbocycles. The number of carbonyl (C=O) groups excluding carboxylic acids is 1. The van der Waals surface area contributed by atoms with Gasteiger partial charge in [-0.15, -0.1) is 0 Å². The molecule has 0 bridgehead atoms. The quantitative estimate of drug-likeness (QED) is 0.610. The van der Waals surface area contributed by atoms with Crippen LogP contribution in [0.3, 0.4) is 0 Å². The highest BCUT2D eigenvalue weighted by Gasteiger charge is 2.25. The number of carbonyl (C=O) groups is 1. The second-order valence-corrected chi connectivity index (χ2v) is 8.22. The highest BCUT2D eigenvalue weighted by molar-refractivity contribution is 5.80. The highest BCUT2D eigenvalue weighted by Crippen LogP contribution is 2.14. The van der Waals surface area contributed by atoms with Gasteiger partial charge in [0.15, 0.2) is 0 Å². The van der Waals surface area contributed by atoms with Crippen LogP contribution in [0.4, 0.5) is 10.5 Å². The van der Waals surface area contributed by atoms with E-state index in [1.165, 1.54) is 5.56 Å². The number of amides is 1. The lowest BCUT2D eigenvalue weighted by Crippen LogP contribution is -2.49. The van der Waals surface area contributed by atoms with Crippen LogP contribution in [0.1, 0.15) is 31.9 Å². The first-order valence-corrected chi connectivity index (χ1v) is 10.0. The third-order valence-electron chi connectivity index (χ3n) is 4.59. The summed E-state index contributed by atoms with van der Waals surface area (Å²) >= 11 is 0. The summed E-state index contributed by atoms with van der Waals surface area (Å²) in [6.45, 7) is 9.66. The van der Waals surface area contributed by atoms with E-state index in [-0.39, 0.29) is 6.09 Å². The second-order valence-electron chi connectivity index (χ2n) is 8.22. The van der Waals surface area contributed by atoms with E-state index in [2.05, 4.69) is 39.7 Å². The molecule has 3 rings (SSSR count). The number of rotatable bonds is 5. The summed E-state index contributed by atoms with van der Waals surface area (Å²) in [5, 5.41) is 4.27. The number of hydrogen-bond donors (Lipinski definition) is 1. The lowest BCUT2D eigenvalue weighted by Gasteiger charge is -2.35. The lowest BCUT2D eigenvalue weighted by molar-refractivity contribution is 0.0139. The number of nitrogens with one attached hydrogen (secondary N) is 1. The lowest BCUT2D eigenvalue weighted by atomic mass is 10.1. The number of nitrogens with zero attached hydrogens (tertiary/aromatic N) is 3. The van der Waals surface area contributed by atoms with Crippen LogP contribution in [0, 0.1) is 0 Å². The molecule has 2 aromatic carbocycles. The standard InChI is InChI=1S/C23H30N4O2/c1-23(2,3)29-22(28)27-15-13-26(14-16-27)18-20-11-9-19(10-12-20)17-24-25-21-7-5-4-6-8-21/h4-12,17,25H,13-16,18H2,1-3H3. The fourth-order valence-corrected chi connectivity index (χ4v) is 3.08. The van der Waals surface area contributed by atoms with Gasteiger partial charge in [0.1, 0.15) is 5.60 Å². The number of ether oxygens (including phenoxy) is 1. The Morgan fingerprint density at radius 1 is 1.03 bits per heavy atom. The molecule has 0 atom stereocenters. The van der Waals surface area contributed by atoms with Crippen molar-refractivity contribution < 1.29 is 9.53 Å². The molecule has 29 heavy (non-hydrogen) atoms. The molecule has 2 aromatic rings. The number of anilines is 1. The minimum atomic E-state index is -0.449. The van der Waals surface area contributed by atoms with Crippen molar-refractivity contribution in [1.82, 2.24) is 9.80 Å². The topological polar surface area (TPSA) is 57.2 Å². The normalized spacial score (nSPS) is 15.5. The summed E-state index contributed by atoms with van der Waals surface area (Å²) in [5.74, 6) is 0. The van der Waals surface area contributed by atoms with Crippen molar-refractivity contribution in [3.8, 4) is 0 Å². The Labute approximate surface area is 173 Å². The van der Waals surface area contributed by atoms with E-state index in [1.807, 2.05) is 57.3 Å². The third-order valence-corrected chi connectivity index (χ3v) is 4.59. The summed E-state index contributed by atoms with van der Waals surface area (Å²) in [6, 6.07) is 18.3. The van der Waals surface area contributed by atoms with Gasteiger partial charge < -0.3 is 9.64 Å².